The molecule has 8 nitrogen and oxygen atoms in total. The Morgan fingerprint density at radius 2 is 1.86 bits per heavy atom. The maximum absolute atomic E-state index is 12.6. The Morgan fingerprint density at radius 1 is 1.14 bits per heavy atom. The van der Waals surface area contributed by atoms with Crippen molar-refractivity contribution in [2.24, 2.45) is 0 Å². The quantitative estimate of drug-likeness (QED) is 0.437. The lowest BCUT2D eigenvalue weighted by Crippen LogP contribution is -2.52. The molecule has 1 unspecified atom stereocenters. The van der Waals surface area contributed by atoms with Crippen LogP contribution in [-0.4, -0.2) is 71.7 Å². The summed E-state index contributed by atoms with van der Waals surface area (Å²) in [4.78, 5) is 41.3. The van der Waals surface area contributed by atoms with E-state index in [1.807, 2.05) is 9.80 Å². The summed E-state index contributed by atoms with van der Waals surface area (Å²) in [6.07, 6.45) is 3.33. The van der Waals surface area contributed by atoms with Crippen molar-refractivity contribution in [3.05, 3.63) is 33.9 Å². The van der Waals surface area contributed by atoms with E-state index in [9.17, 15) is 19.7 Å². The Labute approximate surface area is 165 Å². The van der Waals surface area contributed by atoms with Gasteiger partial charge >= 0.3 is 0 Å². The highest BCUT2D eigenvalue weighted by Gasteiger charge is 2.28. The Kier molecular flexibility index (Phi) is 6.28. The number of carbonyl (C=O) groups excluding carboxylic acids is 2. The van der Waals surface area contributed by atoms with Crippen LogP contribution in [0.3, 0.4) is 0 Å². The lowest BCUT2D eigenvalue weighted by Gasteiger charge is -2.38. The zero-order valence-corrected chi connectivity index (χ0v) is 16.6. The van der Waals surface area contributed by atoms with Gasteiger partial charge in [0.05, 0.1) is 11.5 Å². The molecule has 28 heavy (non-hydrogen) atoms. The molecule has 0 aliphatic carbocycles. The van der Waals surface area contributed by atoms with E-state index in [4.69, 9.17) is 0 Å². The summed E-state index contributed by atoms with van der Waals surface area (Å²) >= 11 is 0. The number of benzene rings is 1. The number of ketones is 1. The van der Waals surface area contributed by atoms with Gasteiger partial charge in [0, 0.05) is 50.4 Å². The first-order valence-electron chi connectivity index (χ1n) is 9.93. The van der Waals surface area contributed by atoms with Gasteiger partial charge in [-0.05, 0) is 45.2 Å². The second-order valence-electron chi connectivity index (χ2n) is 7.71. The van der Waals surface area contributed by atoms with Crippen LogP contribution in [0.15, 0.2) is 18.2 Å². The van der Waals surface area contributed by atoms with Crippen LogP contribution in [-0.2, 0) is 4.79 Å². The van der Waals surface area contributed by atoms with Crippen LogP contribution in [0.2, 0.25) is 0 Å². The van der Waals surface area contributed by atoms with Crippen LogP contribution in [0.4, 0.5) is 11.4 Å². The third kappa shape index (κ3) is 4.49. The van der Waals surface area contributed by atoms with Gasteiger partial charge in [-0.2, -0.15) is 0 Å². The fourth-order valence-corrected chi connectivity index (χ4v) is 4.05. The monoisotopic (exact) mass is 388 g/mol. The molecule has 1 atom stereocenters. The number of piperidine rings is 1. The summed E-state index contributed by atoms with van der Waals surface area (Å²) < 4.78 is 0. The van der Waals surface area contributed by atoms with Gasteiger partial charge in [-0.3, -0.25) is 24.6 Å². The molecule has 2 fully saturated rings. The molecule has 8 heteroatoms. The lowest BCUT2D eigenvalue weighted by molar-refractivity contribution is -0.384. The Hall–Kier alpha value is -2.48. The summed E-state index contributed by atoms with van der Waals surface area (Å²) in [6, 6.07) is 4.96. The molecular formula is C20H28N4O4. The van der Waals surface area contributed by atoms with Gasteiger partial charge in [-0.1, -0.05) is 0 Å². The van der Waals surface area contributed by atoms with Gasteiger partial charge in [-0.15, -0.1) is 0 Å². The minimum atomic E-state index is -0.435. The van der Waals surface area contributed by atoms with Crippen molar-refractivity contribution in [1.82, 2.24) is 9.80 Å². The first-order chi connectivity index (χ1) is 13.4. The zero-order valence-electron chi connectivity index (χ0n) is 16.6. The molecule has 1 aromatic rings. The number of hydrogen-bond donors (Lipinski definition) is 0. The summed E-state index contributed by atoms with van der Waals surface area (Å²) in [6.45, 7) is 7.35. The molecule has 2 saturated heterocycles. The summed E-state index contributed by atoms with van der Waals surface area (Å²) in [7, 11) is 0. The number of nitro benzene ring substituents is 1. The summed E-state index contributed by atoms with van der Waals surface area (Å²) in [5.41, 5.74) is 0.834. The Bertz CT molecular complexity index is 759. The van der Waals surface area contributed by atoms with Crippen molar-refractivity contribution in [1.29, 1.82) is 0 Å². The first-order valence-corrected chi connectivity index (χ1v) is 9.93. The van der Waals surface area contributed by atoms with E-state index in [1.54, 1.807) is 12.1 Å². The average Bonchev–Trinajstić information content (AvgIpc) is 2.68. The second-order valence-corrected chi connectivity index (χ2v) is 7.71. The minimum absolute atomic E-state index is 0.0423. The third-order valence-electron chi connectivity index (χ3n) is 5.77. The number of Topliss-reactive ketones (excluding diaryl/α,β-unsaturated/α-hetero) is 1. The van der Waals surface area contributed by atoms with Crippen LogP contribution in [0.1, 0.15) is 43.5 Å². The second kappa shape index (κ2) is 8.68. The summed E-state index contributed by atoms with van der Waals surface area (Å²) in [5, 5.41) is 11.5. The van der Waals surface area contributed by atoms with Crippen molar-refractivity contribution >= 4 is 23.1 Å². The molecule has 0 saturated carbocycles. The van der Waals surface area contributed by atoms with Gasteiger partial charge in [0.1, 0.15) is 5.69 Å². The standard InChI is InChI=1S/C20H28N4O4/c1-15-5-3-4-8-23(15)20(26)14-21-9-11-22(12-10-21)18-7-6-17(16(2)25)13-19(18)24(27)28/h6-7,13,15H,3-5,8-12,14H2,1-2H3. The first kappa shape index (κ1) is 20.3. The molecular weight excluding hydrogens is 360 g/mol. The van der Waals surface area contributed by atoms with E-state index in [0.29, 0.717) is 50.0 Å². The predicted molar refractivity (Wildman–Crippen MR) is 107 cm³/mol. The molecule has 0 aromatic heterocycles. The highest BCUT2D eigenvalue weighted by Crippen LogP contribution is 2.30. The largest absolute Gasteiger partial charge is 0.363 e. The smallest absolute Gasteiger partial charge is 0.293 e. The van der Waals surface area contributed by atoms with Crippen LogP contribution < -0.4 is 4.90 Å². The van der Waals surface area contributed by atoms with Gasteiger partial charge in [0.25, 0.3) is 5.69 Å². The number of nitro groups is 1. The molecule has 152 valence electrons. The summed E-state index contributed by atoms with van der Waals surface area (Å²) in [5.74, 6) is -0.0117. The molecule has 1 amide bonds. The van der Waals surface area contributed by atoms with E-state index >= 15 is 0 Å². The van der Waals surface area contributed by atoms with E-state index < -0.39 is 4.92 Å². The van der Waals surface area contributed by atoms with Crippen molar-refractivity contribution in [3.8, 4) is 0 Å². The number of likely N-dealkylation sites (tertiary alicyclic amines) is 1. The zero-order chi connectivity index (χ0) is 20.3. The number of nitrogens with zero attached hydrogens (tertiary/aromatic N) is 4. The molecule has 0 spiro atoms. The number of anilines is 1. The van der Waals surface area contributed by atoms with Gasteiger partial charge in [0.15, 0.2) is 5.78 Å². The van der Waals surface area contributed by atoms with Crippen LogP contribution in [0.5, 0.6) is 0 Å². The average molecular weight is 388 g/mol. The minimum Gasteiger partial charge on any atom is -0.363 e. The van der Waals surface area contributed by atoms with Crippen LogP contribution in [0, 0.1) is 10.1 Å². The van der Waals surface area contributed by atoms with Crippen LogP contribution in [0.25, 0.3) is 0 Å². The van der Waals surface area contributed by atoms with Crippen molar-refractivity contribution < 1.29 is 14.5 Å². The van der Waals surface area contributed by atoms with Gasteiger partial charge < -0.3 is 9.80 Å². The van der Waals surface area contributed by atoms with E-state index in [-0.39, 0.29) is 17.4 Å². The molecule has 2 aliphatic rings. The van der Waals surface area contributed by atoms with E-state index in [0.717, 1.165) is 19.4 Å². The Morgan fingerprint density at radius 3 is 2.46 bits per heavy atom. The van der Waals surface area contributed by atoms with Gasteiger partial charge in [0.2, 0.25) is 5.91 Å². The SMILES string of the molecule is CC(=O)c1ccc(N2CCN(CC(=O)N3CCCCC3C)CC2)c([N+](=O)[O-])c1. The maximum atomic E-state index is 12.6. The third-order valence-corrected chi connectivity index (χ3v) is 5.77. The molecule has 0 N–H and O–H groups in total. The topological polar surface area (TPSA) is 87.0 Å². The van der Waals surface area contributed by atoms with E-state index in [1.165, 1.54) is 19.4 Å². The van der Waals surface area contributed by atoms with Crippen LogP contribution >= 0.6 is 0 Å². The number of hydrogen-bond acceptors (Lipinski definition) is 6. The molecule has 0 radical (unpaired) electrons. The highest BCUT2D eigenvalue weighted by atomic mass is 16.6. The maximum Gasteiger partial charge on any atom is 0.293 e. The fraction of sp³-hybridized carbons (Fsp3) is 0.600. The molecule has 0 bridgehead atoms. The molecule has 2 heterocycles. The van der Waals surface area contributed by atoms with Gasteiger partial charge in [-0.25, -0.2) is 0 Å². The van der Waals surface area contributed by atoms with Crippen molar-refractivity contribution in [3.63, 3.8) is 0 Å². The highest BCUT2D eigenvalue weighted by molar-refractivity contribution is 5.95. The fourth-order valence-electron chi connectivity index (χ4n) is 4.05. The number of carbonyl (C=O) groups is 2. The lowest BCUT2D eigenvalue weighted by atomic mass is 10.0. The number of rotatable bonds is 5. The number of amides is 1. The molecule has 3 rings (SSSR count). The van der Waals surface area contributed by atoms with E-state index in [2.05, 4.69) is 11.8 Å². The van der Waals surface area contributed by atoms with Crippen molar-refractivity contribution in [2.75, 3.05) is 44.2 Å². The predicted octanol–water partition coefficient (Wildman–Crippen LogP) is 2.32. The van der Waals surface area contributed by atoms with Crippen molar-refractivity contribution in [2.45, 2.75) is 39.2 Å². The Balaban J connectivity index is 1.61. The normalized spacial score (nSPS) is 20.9. The molecule has 2 aliphatic heterocycles. The number of piperazine rings is 1. The molecule has 1 aromatic carbocycles.